The predicted molar refractivity (Wildman–Crippen MR) is 486 cm³/mol. The lowest BCUT2D eigenvalue weighted by Gasteiger charge is -2.28. The van der Waals surface area contributed by atoms with Gasteiger partial charge < -0.3 is 18.8 Å². The highest BCUT2D eigenvalue weighted by Crippen LogP contribution is 2.48. The molecular formula is C110H71N3O. The van der Waals surface area contributed by atoms with Crippen molar-refractivity contribution in [1.82, 2.24) is 4.57 Å². The summed E-state index contributed by atoms with van der Waals surface area (Å²) in [6, 6.07) is 129. The second-order valence-electron chi connectivity index (χ2n) is 29.2. The number of furan rings is 1. The highest BCUT2D eigenvalue weighted by atomic mass is 16.3. The molecule has 0 N–H and O–H groups in total. The molecule has 4 heteroatoms. The lowest BCUT2D eigenvalue weighted by Crippen LogP contribution is -2.11. The first-order valence-electron chi connectivity index (χ1n) is 42.5. The van der Waals surface area contributed by atoms with E-state index in [1.807, 2.05) is 161 Å². The minimum Gasteiger partial charge on any atom is -0.455 e. The Labute approximate surface area is 670 Å². The summed E-state index contributed by atoms with van der Waals surface area (Å²) in [5.41, 5.74) is 13.9. The first-order chi connectivity index (χ1) is 59.9. The van der Waals surface area contributed by atoms with Crippen LogP contribution in [0.4, 0.5) is 34.1 Å². The monoisotopic (exact) mass is 1460 g/mol. The quantitative estimate of drug-likeness (QED) is 0.121. The molecule has 0 bridgehead atoms. The van der Waals surface area contributed by atoms with Crippen molar-refractivity contribution < 1.29 is 15.4 Å². The number of aromatic nitrogens is 1. The number of benzene rings is 21. The fraction of sp³-hybridized carbons (Fsp3) is 0. The zero-order chi connectivity index (χ0) is 82.1. The Morgan fingerprint density at radius 3 is 0.982 bits per heavy atom. The number of para-hydroxylation sites is 4. The molecule has 0 saturated heterocycles. The van der Waals surface area contributed by atoms with E-state index in [1.165, 1.54) is 10.8 Å². The lowest BCUT2D eigenvalue weighted by atomic mass is 9.97. The summed E-state index contributed by atoms with van der Waals surface area (Å²) in [6.45, 7) is 0. The van der Waals surface area contributed by atoms with Crippen molar-refractivity contribution in [3.8, 4) is 50.2 Å². The van der Waals surface area contributed by atoms with Crippen molar-refractivity contribution >= 4 is 164 Å². The van der Waals surface area contributed by atoms with Crippen LogP contribution in [0.1, 0.15) is 11.0 Å². The van der Waals surface area contributed by atoms with Gasteiger partial charge in [0.1, 0.15) is 11.2 Å². The van der Waals surface area contributed by atoms with E-state index in [9.17, 15) is 11.0 Å². The number of rotatable bonds is 11. The average molecular weight is 1460 g/mol. The molecule has 4 nitrogen and oxygen atoms in total. The van der Waals surface area contributed by atoms with E-state index in [1.54, 1.807) is 0 Å². The number of hydrogen-bond acceptors (Lipinski definition) is 3. The van der Waals surface area contributed by atoms with Gasteiger partial charge in [0.15, 0.2) is 0 Å². The van der Waals surface area contributed by atoms with Crippen LogP contribution in [0.3, 0.4) is 0 Å². The maximum Gasteiger partial charge on any atom is 0.143 e. The Morgan fingerprint density at radius 1 is 0.202 bits per heavy atom. The van der Waals surface area contributed by atoms with Gasteiger partial charge in [0.25, 0.3) is 0 Å². The van der Waals surface area contributed by atoms with E-state index in [0.717, 1.165) is 164 Å². The minimum absolute atomic E-state index is 0.0897. The third kappa shape index (κ3) is 11.3. The molecule has 23 rings (SSSR count). The maximum absolute atomic E-state index is 9.75. The van der Waals surface area contributed by atoms with E-state index in [2.05, 4.69) is 235 Å². The molecule has 0 aliphatic rings. The molecule has 21 aromatic carbocycles. The molecular weight excluding hydrogens is 1380 g/mol. The van der Waals surface area contributed by atoms with Gasteiger partial charge >= 0.3 is 0 Å². The topological polar surface area (TPSA) is 24.6 Å². The molecule has 0 fully saturated rings. The number of hydrogen-bond donors (Lipinski definition) is 0. The molecule has 0 saturated carbocycles. The molecule has 23 aromatic rings. The van der Waals surface area contributed by atoms with Crippen molar-refractivity contribution in [2.45, 2.75) is 0 Å². The summed E-state index contributed by atoms with van der Waals surface area (Å²) < 4.78 is 86.1. The Morgan fingerprint density at radius 2 is 0.526 bits per heavy atom. The number of anilines is 6. The van der Waals surface area contributed by atoms with Crippen LogP contribution < -0.4 is 9.80 Å². The van der Waals surface area contributed by atoms with Crippen molar-refractivity contribution in [3.05, 3.63) is 431 Å². The van der Waals surface area contributed by atoms with E-state index in [4.69, 9.17) is 4.42 Å². The molecule has 0 spiro atoms. The van der Waals surface area contributed by atoms with Crippen LogP contribution in [0.5, 0.6) is 0 Å². The van der Waals surface area contributed by atoms with Crippen LogP contribution in [0, 0.1) is 0 Å². The first-order valence-corrected chi connectivity index (χ1v) is 38.5. The molecule has 0 amide bonds. The van der Waals surface area contributed by atoms with Gasteiger partial charge in [-0.3, -0.25) is 0 Å². The average Bonchev–Trinajstić information content (AvgIpc) is 1.04. The Bertz CT molecular complexity index is 8160. The standard InChI is InChI=1S/C58H37NO.C52H34N2/c1-2-12-39(13-3-1)50-20-10-22-54-55-23-11-21-51(58(55)60-57(50)54)41-28-33-46(34-29-41)59(56-37-43-15-5-7-17-48(43)52-18-8-9-19-53(52)56)45-31-26-38(27-32-45)42-30-35-49-44(36-42)25-24-40-14-4-6-16-47(40)49;1-3-13-43-36(11-1)21-22-39-33-37(25-32-45(39)43)35-23-26-40(27-24-35)53(52-34-38-12-2-4-14-44(38)46-15-5-6-16-47(46)52)41-28-30-42(31-29-41)54-50-19-9-7-17-48(50)49-18-8-10-20-51(49)54/h1-37H;1-34H/i26D,27D,31D,32D;23D,24D,26D,27D. The third-order valence-corrected chi connectivity index (χ3v) is 22.7. The van der Waals surface area contributed by atoms with Gasteiger partial charge in [-0.05, 0) is 206 Å². The molecule has 0 atom stereocenters. The van der Waals surface area contributed by atoms with Crippen LogP contribution in [-0.4, -0.2) is 4.57 Å². The van der Waals surface area contributed by atoms with Crippen molar-refractivity contribution in [3.63, 3.8) is 0 Å². The van der Waals surface area contributed by atoms with Crippen molar-refractivity contribution in [2.75, 3.05) is 9.80 Å². The van der Waals surface area contributed by atoms with Crippen molar-refractivity contribution in [2.24, 2.45) is 0 Å². The van der Waals surface area contributed by atoms with E-state index >= 15 is 0 Å². The van der Waals surface area contributed by atoms with Gasteiger partial charge in [-0.1, -0.05) is 334 Å². The zero-order valence-electron chi connectivity index (χ0n) is 69.6. The zero-order valence-corrected chi connectivity index (χ0v) is 61.6. The molecule has 2 aromatic heterocycles. The van der Waals surface area contributed by atoms with Gasteiger partial charge in [0.05, 0.1) is 33.4 Å². The van der Waals surface area contributed by atoms with Gasteiger partial charge in [0, 0.05) is 71.9 Å². The summed E-state index contributed by atoms with van der Waals surface area (Å²) in [5.74, 6) is 0. The Hall–Kier alpha value is -15.1. The second-order valence-corrected chi connectivity index (χ2v) is 29.2. The third-order valence-electron chi connectivity index (χ3n) is 22.7. The molecule has 0 unspecified atom stereocenters. The van der Waals surface area contributed by atoms with Crippen LogP contribution in [0.15, 0.2) is 435 Å². The Kier molecular flexibility index (Phi) is 14.0. The van der Waals surface area contributed by atoms with Crippen molar-refractivity contribution in [1.29, 1.82) is 0 Å². The molecule has 532 valence electrons. The first kappa shape index (κ1) is 57.9. The number of fused-ring (bicyclic) bond motifs is 18. The van der Waals surface area contributed by atoms with E-state index < -0.39 is 0 Å². The summed E-state index contributed by atoms with van der Waals surface area (Å²) in [5, 5.41) is 21.2. The van der Waals surface area contributed by atoms with Gasteiger partial charge in [-0.15, -0.1) is 0 Å². The summed E-state index contributed by atoms with van der Waals surface area (Å²) in [7, 11) is 0. The SMILES string of the molecule is [2H]c1c([2H])c(N(c2ccc(-c3cccc4c3oc3c(-c5ccccc5)cccc34)cc2)c2cc3ccccc3c3ccccc23)c([2H])c([2H])c1-c1ccc2c(ccc3ccccc32)c1.[2H]c1c([2H])c(N(c2ccc(-n3c4ccccc4c4ccccc43)cc2)c2cc3ccccc3c3ccccc23)c([2H])c([2H])c1-c1ccc2c(ccc3ccccc32)c1. The second kappa shape index (κ2) is 27.5. The van der Waals surface area contributed by atoms with Gasteiger partial charge in [-0.25, -0.2) is 0 Å². The normalized spacial score (nSPS) is 12.7. The van der Waals surface area contributed by atoms with Crippen LogP contribution >= 0.6 is 0 Å². The molecule has 114 heavy (non-hydrogen) atoms. The molecule has 0 aliphatic carbocycles. The smallest absolute Gasteiger partial charge is 0.143 e. The summed E-state index contributed by atoms with van der Waals surface area (Å²) in [6.07, 6.45) is 0. The van der Waals surface area contributed by atoms with Crippen LogP contribution in [-0.2, 0) is 0 Å². The fourth-order valence-electron chi connectivity index (χ4n) is 17.3. The highest BCUT2D eigenvalue weighted by molar-refractivity contribution is 6.18. The molecule has 2 heterocycles. The molecule has 0 aliphatic heterocycles. The molecule has 0 radical (unpaired) electrons. The van der Waals surface area contributed by atoms with Gasteiger partial charge in [-0.2, -0.15) is 0 Å². The lowest BCUT2D eigenvalue weighted by molar-refractivity contribution is 0.671. The van der Waals surface area contributed by atoms with Crippen LogP contribution in [0.2, 0.25) is 0 Å². The largest absolute Gasteiger partial charge is 0.455 e. The fourth-order valence-corrected chi connectivity index (χ4v) is 17.3. The summed E-state index contributed by atoms with van der Waals surface area (Å²) in [4.78, 5) is 3.82. The Balaban J connectivity index is 0.000000146. The van der Waals surface area contributed by atoms with E-state index in [0.29, 0.717) is 16.8 Å². The minimum atomic E-state index is -0.128. The maximum atomic E-state index is 9.75. The van der Waals surface area contributed by atoms with E-state index in [-0.39, 0.29) is 70.8 Å². The predicted octanol–water partition coefficient (Wildman–Crippen LogP) is 31.2. The van der Waals surface area contributed by atoms with Gasteiger partial charge in [0.2, 0.25) is 0 Å². The summed E-state index contributed by atoms with van der Waals surface area (Å²) >= 11 is 0. The number of nitrogens with zero attached hydrogens (tertiary/aromatic N) is 3. The highest BCUT2D eigenvalue weighted by Gasteiger charge is 2.23. The van der Waals surface area contributed by atoms with Crippen LogP contribution in [0.25, 0.3) is 180 Å².